The van der Waals surface area contributed by atoms with Gasteiger partial charge in [-0.1, -0.05) is 54.2 Å². The molecule has 0 radical (unpaired) electrons. The molecule has 3 aromatic rings. The smallest absolute Gasteiger partial charge is 0.296 e. The van der Waals surface area contributed by atoms with Gasteiger partial charge in [-0.15, -0.1) is 10.2 Å². The summed E-state index contributed by atoms with van der Waals surface area (Å²) in [6.07, 6.45) is 3.51. The van der Waals surface area contributed by atoms with Crippen molar-refractivity contribution >= 4 is 23.7 Å². The third kappa shape index (κ3) is 4.67. The van der Waals surface area contributed by atoms with Gasteiger partial charge in [0.25, 0.3) is 5.56 Å². The Morgan fingerprint density at radius 3 is 2.46 bits per heavy atom. The fraction of sp³-hybridized carbons (Fsp3) is 0.238. The molecule has 28 heavy (non-hydrogen) atoms. The van der Waals surface area contributed by atoms with Crippen LogP contribution >= 0.6 is 11.8 Å². The molecule has 0 aliphatic heterocycles. The van der Waals surface area contributed by atoms with Gasteiger partial charge in [-0.25, -0.2) is 0 Å². The highest BCUT2D eigenvalue weighted by Crippen LogP contribution is 2.17. The summed E-state index contributed by atoms with van der Waals surface area (Å²) in [4.78, 5) is 14.6. The number of rotatable bonds is 7. The van der Waals surface area contributed by atoms with Crippen LogP contribution in [0.3, 0.4) is 0 Å². The minimum absolute atomic E-state index is 0.257. The number of thioether (sulfide) groups is 1. The van der Waals surface area contributed by atoms with Crippen LogP contribution in [0.25, 0.3) is 0 Å². The van der Waals surface area contributed by atoms with Crippen molar-refractivity contribution in [3.05, 3.63) is 81.8 Å². The number of hydrogen-bond acceptors (Lipinski definition) is 6. The molecule has 0 saturated carbocycles. The van der Waals surface area contributed by atoms with Gasteiger partial charge < -0.3 is 4.90 Å². The zero-order chi connectivity index (χ0) is 19.9. The Bertz CT molecular complexity index is 1000. The average molecular weight is 394 g/mol. The van der Waals surface area contributed by atoms with Crippen molar-refractivity contribution < 1.29 is 0 Å². The Labute approximate surface area is 168 Å². The van der Waals surface area contributed by atoms with Crippen molar-refractivity contribution in [1.29, 1.82) is 0 Å². The van der Waals surface area contributed by atoms with Crippen LogP contribution in [-0.4, -0.2) is 33.9 Å². The highest BCUT2D eigenvalue weighted by molar-refractivity contribution is 7.98. The van der Waals surface area contributed by atoms with Crippen molar-refractivity contribution in [1.82, 2.24) is 14.9 Å². The fourth-order valence-corrected chi connectivity index (χ4v) is 3.18. The molecule has 0 atom stereocenters. The quantitative estimate of drug-likeness (QED) is 0.453. The van der Waals surface area contributed by atoms with Crippen molar-refractivity contribution in [2.75, 3.05) is 17.7 Å². The monoisotopic (exact) mass is 393 g/mol. The van der Waals surface area contributed by atoms with E-state index in [4.69, 9.17) is 0 Å². The topological polar surface area (TPSA) is 63.4 Å². The van der Waals surface area contributed by atoms with Crippen LogP contribution in [0.5, 0.6) is 0 Å². The highest BCUT2D eigenvalue weighted by atomic mass is 32.2. The molecule has 0 spiro atoms. The zero-order valence-corrected chi connectivity index (χ0v) is 17.1. The molecule has 0 bridgehead atoms. The molecule has 6 nitrogen and oxygen atoms in total. The molecule has 0 aliphatic rings. The number of hydrogen-bond donors (Lipinski definition) is 0. The Kier molecular flexibility index (Phi) is 6.60. The van der Waals surface area contributed by atoms with E-state index in [0.29, 0.717) is 10.9 Å². The average Bonchev–Trinajstić information content (AvgIpc) is 2.74. The minimum atomic E-state index is -0.257. The van der Waals surface area contributed by atoms with Crippen LogP contribution in [0.15, 0.2) is 69.6 Å². The van der Waals surface area contributed by atoms with E-state index in [1.54, 1.807) is 13.1 Å². The van der Waals surface area contributed by atoms with E-state index in [2.05, 4.69) is 63.5 Å². The summed E-state index contributed by atoms with van der Waals surface area (Å²) >= 11 is 1.33. The van der Waals surface area contributed by atoms with Crippen LogP contribution in [-0.2, 0) is 6.54 Å². The van der Waals surface area contributed by atoms with Crippen LogP contribution < -0.4 is 10.5 Å². The second-order valence-electron chi connectivity index (χ2n) is 6.22. The van der Waals surface area contributed by atoms with E-state index in [1.807, 2.05) is 24.5 Å². The standard InChI is InChI=1S/C21H23N5OS/c1-4-25(15-18-8-6-5-7-9-18)19-12-10-17(11-13-19)14-22-26-20(27)16(2)23-24-21(26)28-3/h5-14H,4,15H2,1-3H3/b22-14-. The van der Waals surface area contributed by atoms with Crippen LogP contribution in [0, 0.1) is 6.92 Å². The highest BCUT2D eigenvalue weighted by Gasteiger charge is 2.08. The van der Waals surface area contributed by atoms with Gasteiger partial charge in [0, 0.05) is 18.8 Å². The number of aryl methyl sites for hydroxylation is 1. The Hall–Kier alpha value is -2.93. The minimum Gasteiger partial charge on any atom is -0.367 e. The first kappa shape index (κ1) is 19.8. The van der Waals surface area contributed by atoms with Gasteiger partial charge in [0.05, 0.1) is 6.21 Å². The second-order valence-corrected chi connectivity index (χ2v) is 7.00. The van der Waals surface area contributed by atoms with Crippen LogP contribution in [0.4, 0.5) is 5.69 Å². The predicted octanol–water partition coefficient (Wildman–Crippen LogP) is 3.58. The normalized spacial score (nSPS) is 11.1. The number of nitrogens with zero attached hydrogens (tertiary/aromatic N) is 5. The summed E-state index contributed by atoms with van der Waals surface area (Å²) < 4.78 is 1.29. The van der Waals surface area contributed by atoms with Gasteiger partial charge in [0.2, 0.25) is 5.16 Å². The summed E-state index contributed by atoms with van der Waals surface area (Å²) in [7, 11) is 0. The molecule has 0 fully saturated rings. The van der Waals surface area contributed by atoms with E-state index in [1.165, 1.54) is 22.0 Å². The first-order chi connectivity index (χ1) is 13.6. The maximum atomic E-state index is 12.3. The lowest BCUT2D eigenvalue weighted by molar-refractivity contribution is 0.635. The predicted molar refractivity (Wildman–Crippen MR) is 115 cm³/mol. The number of benzene rings is 2. The molecule has 0 aliphatic carbocycles. The van der Waals surface area contributed by atoms with Gasteiger partial charge >= 0.3 is 0 Å². The molecular weight excluding hydrogens is 370 g/mol. The molecule has 3 rings (SSSR count). The largest absolute Gasteiger partial charge is 0.367 e. The maximum Gasteiger partial charge on any atom is 0.296 e. The van der Waals surface area contributed by atoms with Crippen LogP contribution in [0.1, 0.15) is 23.7 Å². The van der Waals surface area contributed by atoms with Crippen molar-refractivity contribution in [2.45, 2.75) is 25.5 Å². The maximum absolute atomic E-state index is 12.3. The molecule has 0 N–H and O–H groups in total. The Morgan fingerprint density at radius 1 is 1.11 bits per heavy atom. The first-order valence-electron chi connectivity index (χ1n) is 9.06. The zero-order valence-electron chi connectivity index (χ0n) is 16.2. The van der Waals surface area contributed by atoms with E-state index < -0.39 is 0 Å². The SMILES string of the molecule is CCN(Cc1ccccc1)c1ccc(/C=N\n2c(SC)nnc(C)c2=O)cc1. The fourth-order valence-electron chi connectivity index (χ4n) is 2.76. The number of anilines is 1. The molecular formula is C21H23N5OS. The summed E-state index contributed by atoms with van der Waals surface area (Å²) in [5.41, 5.74) is 3.40. The summed E-state index contributed by atoms with van der Waals surface area (Å²) in [6.45, 7) is 5.55. The van der Waals surface area contributed by atoms with E-state index in [0.717, 1.165) is 24.3 Å². The summed E-state index contributed by atoms with van der Waals surface area (Å²) in [5, 5.41) is 12.6. The van der Waals surface area contributed by atoms with E-state index in [9.17, 15) is 4.79 Å². The van der Waals surface area contributed by atoms with Crippen molar-refractivity contribution in [3.8, 4) is 0 Å². The summed E-state index contributed by atoms with van der Waals surface area (Å²) in [6, 6.07) is 18.6. The molecule has 0 saturated heterocycles. The lowest BCUT2D eigenvalue weighted by Crippen LogP contribution is -2.23. The lowest BCUT2D eigenvalue weighted by Gasteiger charge is -2.23. The van der Waals surface area contributed by atoms with Crippen molar-refractivity contribution in [2.24, 2.45) is 5.10 Å². The summed E-state index contributed by atoms with van der Waals surface area (Å²) in [5.74, 6) is 0. The molecule has 1 aromatic heterocycles. The molecule has 0 unspecified atom stereocenters. The van der Waals surface area contributed by atoms with Gasteiger partial charge in [0.1, 0.15) is 5.69 Å². The van der Waals surface area contributed by atoms with E-state index >= 15 is 0 Å². The van der Waals surface area contributed by atoms with Gasteiger partial charge in [-0.3, -0.25) is 4.79 Å². The van der Waals surface area contributed by atoms with E-state index in [-0.39, 0.29) is 5.56 Å². The van der Waals surface area contributed by atoms with Gasteiger partial charge in [-0.2, -0.15) is 9.78 Å². The first-order valence-corrected chi connectivity index (χ1v) is 10.3. The molecule has 0 amide bonds. The lowest BCUT2D eigenvalue weighted by atomic mass is 10.1. The molecule has 144 valence electrons. The molecule has 7 heteroatoms. The van der Waals surface area contributed by atoms with Gasteiger partial charge in [0.15, 0.2) is 0 Å². The Balaban J connectivity index is 1.78. The molecule has 2 aromatic carbocycles. The van der Waals surface area contributed by atoms with Gasteiger partial charge in [-0.05, 0) is 43.4 Å². The third-order valence-electron chi connectivity index (χ3n) is 4.33. The van der Waals surface area contributed by atoms with Crippen LogP contribution in [0.2, 0.25) is 0 Å². The second kappa shape index (κ2) is 9.32. The van der Waals surface area contributed by atoms with Crippen molar-refractivity contribution in [3.63, 3.8) is 0 Å². The Morgan fingerprint density at radius 2 is 1.82 bits per heavy atom. The third-order valence-corrected chi connectivity index (χ3v) is 4.95. The number of aromatic nitrogens is 3. The molecule has 1 heterocycles.